The van der Waals surface area contributed by atoms with Gasteiger partial charge in [0.1, 0.15) is 16.4 Å². The predicted molar refractivity (Wildman–Crippen MR) is 146 cm³/mol. The van der Waals surface area contributed by atoms with Crippen LogP contribution < -0.4 is 9.64 Å². The van der Waals surface area contributed by atoms with Gasteiger partial charge in [0.25, 0.3) is 5.78 Å². The van der Waals surface area contributed by atoms with Crippen molar-refractivity contribution in [1.82, 2.24) is 4.98 Å². The van der Waals surface area contributed by atoms with Crippen LogP contribution in [0.15, 0.2) is 48.0 Å². The lowest BCUT2D eigenvalue weighted by Crippen LogP contribution is -2.29. The van der Waals surface area contributed by atoms with Crippen molar-refractivity contribution in [2.45, 2.75) is 40.2 Å². The average Bonchev–Trinajstić information content (AvgIpc) is 3.39. The van der Waals surface area contributed by atoms with Crippen LogP contribution in [0.5, 0.6) is 5.75 Å². The summed E-state index contributed by atoms with van der Waals surface area (Å²) in [5.74, 6) is -1.96. The van der Waals surface area contributed by atoms with Crippen LogP contribution in [0.4, 0.5) is 5.13 Å². The van der Waals surface area contributed by atoms with Crippen molar-refractivity contribution in [3.8, 4) is 5.75 Å². The van der Waals surface area contributed by atoms with Gasteiger partial charge in [-0.3, -0.25) is 14.5 Å². The number of anilines is 1. The highest BCUT2D eigenvalue weighted by Crippen LogP contribution is 2.44. The molecule has 38 heavy (non-hydrogen) atoms. The Morgan fingerprint density at radius 2 is 1.84 bits per heavy atom. The highest BCUT2D eigenvalue weighted by Gasteiger charge is 2.48. The van der Waals surface area contributed by atoms with Gasteiger partial charge in [0, 0.05) is 10.6 Å². The van der Waals surface area contributed by atoms with E-state index in [1.54, 1.807) is 63.2 Å². The van der Waals surface area contributed by atoms with E-state index in [0.717, 1.165) is 17.8 Å². The highest BCUT2D eigenvalue weighted by molar-refractivity contribution is 7.17. The molecule has 1 N–H and O–H groups in total. The molecule has 1 atom stereocenters. The molecule has 0 radical (unpaired) electrons. The van der Waals surface area contributed by atoms with E-state index < -0.39 is 23.7 Å². The minimum absolute atomic E-state index is 0.0896. The van der Waals surface area contributed by atoms with Crippen LogP contribution in [0.3, 0.4) is 0 Å². The first-order chi connectivity index (χ1) is 18.2. The van der Waals surface area contributed by atoms with Crippen molar-refractivity contribution in [3.63, 3.8) is 0 Å². The van der Waals surface area contributed by atoms with Gasteiger partial charge in [-0.1, -0.05) is 42.0 Å². The fourth-order valence-electron chi connectivity index (χ4n) is 4.22. The number of halogens is 1. The van der Waals surface area contributed by atoms with Crippen LogP contribution in [0.1, 0.15) is 58.4 Å². The molecule has 2 heterocycles. The summed E-state index contributed by atoms with van der Waals surface area (Å²) >= 11 is 7.06. The lowest BCUT2D eigenvalue weighted by molar-refractivity contribution is -0.132. The van der Waals surface area contributed by atoms with E-state index in [1.165, 1.54) is 4.90 Å². The van der Waals surface area contributed by atoms with Gasteiger partial charge in [-0.15, -0.1) is 0 Å². The predicted octanol–water partition coefficient (Wildman–Crippen LogP) is 6.01. The lowest BCUT2D eigenvalue weighted by atomic mass is 9.94. The molecule has 4 rings (SSSR count). The fraction of sp³-hybridized carbons (Fsp3) is 0.286. The van der Waals surface area contributed by atoms with Crippen molar-refractivity contribution in [2.24, 2.45) is 0 Å². The second-order valence-electron chi connectivity index (χ2n) is 8.68. The summed E-state index contributed by atoms with van der Waals surface area (Å²) in [7, 11) is 0. The van der Waals surface area contributed by atoms with Gasteiger partial charge >= 0.3 is 11.9 Å². The number of esters is 1. The quantitative estimate of drug-likeness (QED) is 0.157. The molecule has 198 valence electrons. The Bertz CT molecular complexity index is 1430. The number of ketones is 1. The maximum absolute atomic E-state index is 13.4. The summed E-state index contributed by atoms with van der Waals surface area (Å²) < 4.78 is 10.8. The molecule has 2 aromatic carbocycles. The maximum atomic E-state index is 13.4. The largest absolute Gasteiger partial charge is 0.507 e. The number of carbonyl (C=O) groups excluding carboxylic acids is 3. The van der Waals surface area contributed by atoms with Crippen LogP contribution in [0.2, 0.25) is 5.02 Å². The number of carbonyl (C=O) groups is 3. The second-order valence-corrected chi connectivity index (χ2v) is 10.1. The summed E-state index contributed by atoms with van der Waals surface area (Å²) in [6, 6.07) is 10.8. The Morgan fingerprint density at radius 3 is 2.47 bits per heavy atom. The first-order valence-electron chi connectivity index (χ1n) is 12.1. The molecular weight excluding hydrogens is 528 g/mol. The number of amides is 1. The van der Waals surface area contributed by atoms with E-state index in [0.29, 0.717) is 39.8 Å². The molecule has 1 aromatic heterocycles. The summed E-state index contributed by atoms with van der Waals surface area (Å²) in [5.41, 5.74) is 1.90. The zero-order valence-electron chi connectivity index (χ0n) is 21.4. The topological polar surface area (TPSA) is 106 Å². The zero-order chi connectivity index (χ0) is 27.6. The van der Waals surface area contributed by atoms with Crippen LogP contribution in [0.25, 0.3) is 5.76 Å². The molecule has 0 bridgehead atoms. The zero-order valence-corrected chi connectivity index (χ0v) is 23.0. The van der Waals surface area contributed by atoms with Crippen molar-refractivity contribution < 1.29 is 29.0 Å². The van der Waals surface area contributed by atoms with Crippen LogP contribution in [0, 0.1) is 13.8 Å². The van der Waals surface area contributed by atoms with Crippen molar-refractivity contribution in [3.05, 3.63) is 80.3 Å². The highest BCUT2D eigenvalue weighted by atomic mass is 35.5. The Balaban J connectivity index is 1.87. The number of aliphatic hydroxyl groups excluding tert-OH is 1. The number of rotatable bonds is 8. The van der Waals surface area contributed by atoms with Crippen molar-refractivity contribution in [2.75, 3.05) is 18.1 Å². The number of ether oxygens (including phenoxy) is 2. The number of hydrogen-bond acceptors (Lipinski definition) is 8. The Hall–Kier alpha value is -3.69. The van der Waals surface area contributed by atoms with E-state index in [4.69, 9.17) is 21.1 Å². The number of aromatic nitrogens is 1. The smallest absolute Gasteiger partial charge is 0.350 e. The standard InChI is InChI=1S/C28H27ClN2O6S/c1-5-13-37-19-11-12-20(15(3)14-19)23(32)21-22(17-7-9-18(29)10-8-17)31(26(34)24(21)33)28-30-16(4)25(38-28)27(35)36-6-2/h7-12,14,22,32H,5-6,13H2,1-4H3/t22-/m0/s1. The number of hydrogen-bond donors (Lipinski definition) is 1. The minimum Gasteiger partial charge on any atom is -0.507 e. The molecule has 1 amide bonds. The van der Waals surface area contributed by atoms with Gasteiger partial charge in [0.05, 0.1) is 30.5 Å². The molecule has 8 nitrogen and oxygen atoms in total. The Labute approximate surface area is 229 Å². The molecule has 3 aromatic rings. The SMILES string of the molecule is CCCOc1ccc(C(O)=C2C(=O)C(=O)N(c3nc(C)c(C(=O)OCC)s3)[C@H]2c2ccc(Cl)cc2)c(C)c1. The fourth-order valence-corrected chi connectivity index (χ4v) is 5.33. The molecule has 1 aliphatic rings. The van der Waals surface area contributed by atoms with Gasteiger partial charge in [-0.05, 0) is 68.7 Å². The van der Waals surface area contributed by atoms with Gasteiger partial charge in [-0.25, -0.2) is 9.78 Å². The number of thiazole rings is 1. The third-order valence-corrected chi connectivity index (χ3v) is 7.40. The Kier molecular flexibility index (Phi) is 8.18. The van der Waals surface area contributed by atoms with Crippen LogP contribution >= 0.6 is 22.9 Å². The van der Waals surface area contributed by atoms with Crippen LogP contribution in [-0.2, 0) is 14.3 Å². The average molecular weight is 555 g/mol. The summed E-state index contributed by atoms with van der Waals surface area (Å²) in [4.78, 5) is 45.1. The summed E-state index contributed by atoms with van der Waals surface area (Å²) in [6.45, 7) is 7.85. The normalized spacial score (nSPS) is 16.7. The van der Waals surface area contributed by atoms with Gasteiger partial charge < -0.3 is 14.6 Å². The first kappa shape index (κ1) is 27.3. The molecule has 0 aliphatic carbocycles. The minimum atomic E-state index is -0.997. The molecule has 0 unspecified atom stereocenters. The van der Waals surface area contributed by atoms with Crippen LogP contribution in [-0.4, -0.2) is 41.0 Å². The number of aliphatic hydroxyl groups is 1. The summed E-state index contributed by atoms with van der Waals surface area (Å²) in [5, 5.41) is 12.1. The molecule has 0 saturated carbocycles. The number of benzene rings is 2. The lowest BCUT2D eigenvalue weighted by Gasteiger charge is -2.23. The maximum Gasteiger partial charge on any atom is 0.350 e. The van der Waals surface area contributed by atoms with Crippen molar-refractivity contribution in [1.29, 1.82) is 0 Å². The molecule has 0 spiro atoms. The van der Waals surface area contributed by atoms with Gasteiger partial charge in [0.2, 0.25) is 0 Å². The number of Topliss-reactive ketones (excluding diaryl/α,β-unsaturated/α-hetero) is 1. The number of aryl methyl sites for hydroxylation is 2. The van der Waals surface area contributed by atoms with E-state index in [1.807, 2.05) is 6.92 Å². The van der Waals surface area contributed by atoms with E-state index >= 15 is 0 Å². The summed E-state index contributed by atoms with van der Waals surface area (Å²) in [6.07, 6.45) is 0.847. The molecule has 1 fully saturated rings. The molecule has 1 saturated heterocycles. The third kappa shape index (κ3) is 5.16. The molecule has 1 aliphatic heterocycles. The molecular formula is C28H27ClN2O6S. The van der Waals surface area contributed by atoms with E-state index in [2.05, 4.69) is 4.98 Å². The van der Waals surface area contributed by atoms with Gasteiger partial charge in [0.15, 0.2) is 5.13 Å². The van der Waals surface area contributed by atoms with Crippen molar-refractivity contribution >= 4 is 51.5 Å². The number of nitrogens with zero attached hydrogens (tertiary/aromatic N) is 2. The Morgan fingerprint density at radius 1 is 1.13 bits per heavy atom. The van der Waals surface area contributed by atoms with E-state index in [9.17, 15) is 19.5 Å². The van der Waals surface area contributed by atoms with Gasteiger partial charge in [-0.2, -0.15) is 0 Å². The third-order valence-electron chi connectivity index (χ3n) is 6.01. The second kappa shape index (κ2) is 11.4. The first-order valence-corrected chi connectivity index (χ1v) is 13.3. The van der Waals surface area contributed by atoms with E-state index in [-0.39, 0.29) is 27.9 Å². The monoisotopic (exact) mass is 554 g/mol. The molecule has 10 heteroatoms.